The number of nitro groups is 1. The van der Waals surface area contributed by atoms with Crippen molar-refractivity contribution >= 4 is 21.6 Å². The fourth-order valence-corrected chi connectivity index (χ4v) is 1.73. The largest absolute Gasteiger partial charge is 0.501 e. The maximum atomic E-state index is 10.6. The minimum Gasteiger partial charge on any atom is -0.501 e. The van der Waals surface area contributed by atoms with Crippen LogP contribution in [0.25, 0.3) is 0 Å². The molecule has 6 heteroatoms. The van der Waals surface area contributed by atoms with Gasteiger partial charge in [-0.15, -0.1) is 0 Å². The first kappa shape index (κ1) is 11.9. The molecule has 1 atom stereocenters. The summed E-state index contributed by atoms with van der Waals surface area (Å²) in [5.74, 6) is -0.394. The second kappa shape index (κ2) is 4.59. The van der Waals surface area contributed by atoms with Crippen LogP contribution in [0, 0.1) is 10.1 Å². The Kier molecular flexibility index (Phi) is 3.65. The molecular weight excluding hydrogens is 266 g/mol. The van der Waals surface area contributed by atoms with Crippen LogP contribution in [0.2, 0.25) is 0 Å². The summed E-state index contributed by atoms with van der Waals surface area (Å²) in [4.78, 5) is 9.91. The van der Waals surface area contributed by atoms with E-state index in [1.165, 1.54) is 6.07 Å². The van der Waals surface area contributed by atoms with Gasteiger partial charge in [-0.3, -0.25) is 10.1 Å². The van der Waals surface area contributed by atoms with Crippen LogP contribution in [0.3, 0.4) is 0 Å². The molecule has 0 fully saturated rings. The molecule has 0 aliphatic rings. The Morgan fingerprint density at radius 1 is 1.60 bits per heavy atom. The summed E-state index contributed by atoms with van der Waals surface area (Å²) >= 11 is 3.02. The van der Waals surface area contributed by atoms with E-state index in [0.717, 1.165) is 0 Å². The van der Waals surface area contributed by atoms with Crippen molar-refractivity contribution in [3.05, 3.63) is 32.3 Å². The van der Waals surface area contributed by atoms with Crippen molar-refractivity contribution in [1.29, 1.82) is 0 Å². The minimum absolute atomic E-state index is 0.257. The molecule has 82 valence electrons. The van der Waals surface area contributed by atoms with Gasteiger partial charge in [0.1, 0.15) is 0 Å². The van der Waals surface area contributed by atoms with E-state index < -0.39 is 16.8 Å². The number of phenols is 1. The van der Waals surface area contributed by atoms with Crippen LogP contribution < -0.4 is 0 Å². The number of nitrogens with zero attached hydrogens (tertiary/aromatic N) is 1. The Morgan fingerprint density at radius 3 is 2.67 bits per heavy atom. The molecule has 0 amide bonds. The first-order valence-electron chi connectivity index (χ1n) is 4.25. The molecule has 0 spiro atoms. The highest BCUT2D eigenvalue weighted by Crippen LogP contribution is 2.35. The average Bonchev–Trinajstić information content (AvgIpc) is 2.09. The molecule has 0 heterocycles. The van der Waals surface area contributed by atoms with Crippen molar-refractivity contribution in [3.8, 4) is 5.75 Å². The Labute approximate surface area is 94.6 Å². The van der Waals surface area contributed by atoms with Crippen LogP contribution in [0.1, 0.15) is 12.5 Å². The molecule has 0 saturated carbocycles. The number of hydrogen-bond acceptors (Lipinski definition) is 4. The SMILES string of the molecule is CC(O)Cc1cc(Br)c(O)c([N+](=O)[O-])c1. The van der Waals surface area contributed by atoms with Crippen molar-refractivity contribution in [1.82, 2.24) is 0 Å². The summed E-state index contributed by atoms with van der Waals surface area (Å²) in [6.07, 6.45) is -0.277. The lowest BCUT2D eigenvalue weighted by Crippen LogP contribution is -2.04. The van der Waals surface area contributed by atoms with E-state index in [1.807, 2.05) is 0 Å². The summed E-state index contributed by atoms with van der Waals surface area (Å²) in [5.41, 5.74) is 0.237. The lowest BCUT2D eigenvalue weighted by molar-refractivity contribution is -0.386. The number of aromatic hydroxyl groups is 1. The highest BCUT2D eigenvalue weighted by Gasteiger charge is 2.18. The molecule has 0 aromatic heterocycles. The van der Waals surface area contributed by atoms with Crippen molar-refractivity contribution in [2.45, 2.75) is 19.4 Å². The number of phenolic OH excluding ortho intramolecular Hbond substituents is 1. The lowest BCUT2D eigenvalue weighted by atomic mass is 10.1. The molecule has 1 unspecified atom stereocenters. The molecule has 0 saturated heterocycles. The second-order valence-electron chi connectivity index (χ2n) is 3.26. The standard InChI is InChI=1S/C9H10BrNO4/c1-5(12)2-6-3-7(10)9(13)8(4-6)11(14)15/h3-5,12-13H,2H2,1H3. The number of hydrogen-bond donors (Lipinski definition) is 2. The third-order valence-corrected chi connectivity index (χ3v) is 2.44. The first-order valence-corrected chi connectivity index (χ1v) is 5.05. The van der Waals surface area contributed by atoms with Crippen LogP contribution >= 0.6 is 15.9 Å². The number of nitro benzene ring substituents is 1. The zero-order valence-corrected chi connectivity index (χ0v) is 9.56. The van der Waals surface area contributed by atoms with E-state index in [1.54, 1.807) is 13.0 Å². The Balaban J connectivity index is 3.17. The van der Waals surface area contributed by atoms with Gasteiger partial charge in [-0.05, 0) is 40.9 Å². The molecule has 15 heavy (non-hydrogen) atoms. The van der Waals surface area contributed by atoms with Gasteiger partial charge in [0, 0.05) is 6.07 Å². The van der Waals surface area contributed by atoms with Crippen LogP contribution in [0.5, 0.6) is 5.75 Å². The Hall–Kier alpha value is -1.14. The first-order chi connectivity index (χ1) is 6.91. The van der Waals surface area contributed by atoms with Gasteiger partial charge in [0.05, 0.1) is 15.5 Å². The zero-order valence-electron chi connectivity index (χ0n) is 7.98. The highest BCUT2D eigenvalue weighted by atomic mass is 79.9. The minimum atomic E-state index is -0.661. The molecule has 0 aliphatic heterocycles. The summed E-state index contributed by atoms with van der Waals surface area (Å²) in [6, 6.07) is 2.81. The number of benzene rings is 1. The van der Waals surface area contributed by atoms with E-state index in [0.29, 0.717) is 12.0 Å². The quantitative estimate of drug-likeness (QED) is 0.653. The third-order valence-electron chi connectivity index (χ3n) is 1.83. The predicted molar refractivity (Wildman–Crippen MR) is 57.8 cm³/mol. The maximum absolute atomic E-state index is 10.6. The van der Waals surface area contributed by atoms with E-state index in [2.05, 4.69) is 15.9 Å². The van der Waals surface area contributed by atoms with E-state index in [9.17, 15) is 15.2 Å². The number of rotatable bonds is 3. The van der Waals surface area contributed by atoms with Gasteiger partial charge >= 0.3 is 5.69 Å². The van der Waals surface area contributed by atoms with Gasteiger partial charge in [-0.2, -0.15) is 0 Å². The van der Waals surface area contributed by atoms with Gasteiger partial charge in [0.15, 0.2) is 0 Å². The topological polar surface area (TPSA) is 83.6 Å². The van der Waals surface area contributed by atoms with Gasteiger partial charge in [0.25, 0.3) is 0 Å². The maximum Gasteiger partial charge on any atom is 0.312 e. The molecule has 0 radical (unpaired) electrons. The number of aliphatic hydroxyl groups excluding tert-OH is 1. The van der Waals surface area contributed by atoms with Crippen LogP contribution in [-0.2, 0) is 6.42 Å². The van der Waals surface area contributed by atoms with E-state index >= 15 is 0 Å². The smallest absolute Gasteiger partial charge is 0.312 e. The zero-order chi connectivity index (χ0) is 11.6. The number of aliphatic hydroxyl groups is 1. The lowest BCUT2D eigenvalue weighted by Gasteiger charge is -2.06. The van der Waals surface area contributed by atoms with Crippen LogP contribution in [0.15, 0.2) is 16.6 Å². The second-order valence-corrected chi connectivity index (χ2v) is 4.11. The van der Waals surface area contributed by atoms with Gasteiger partial charge < -0.3 is 10.2 Å². The van der Waals surface area contributed by atoms with Crippen molar-refractivity contribution in [2.24, 2.45) is 0 Å². The molecule has 1 aromatic rings. The number of halogens is 1. The third kappa shape index (κ3) is 2.90. The van der Waals surface area contributed by atoms with E-state index in [4.69, 9.17) is 5.11 Å². The van der Waals surface area contributed by atoms with Gasteiger partial charge in [0.2, 0.25) is 5.75 Å². The van der Waals surface area contributed by atoms with Crippen molar-refractivity contribution < 1.29 is 15.1 Å². The van der Waals surface area contributed by atoms with Gasteiger partial charge in [-0.25, -0.2) is 0 Å². The van der Waals surface area contributed by atoms with Crippen molar-refractivity contribution in [2.75, 3.05) is 0 Å². The van der Waals surface area contributed by atoms with Gasteiger partial charge in [-0.1, -0.05) is 0 Å². The molecule has 0 bridgehead atoms. The summed E-state index contributed by atoms with van der Waals surface area (Å²) in [7, 11) is 0. The molecule has 5 nitrogen and oxygen atoms in total. The molecule has 1 rings (SSSR count). The average molecular weight is 276 g/mol. The molecule has 1 aromatic carbocycles. The fourth-order valence-electron chi connectivity index (χ4n) is 1.24. The molecular formula is C9H10BrNO4. The molecule has 0 aliphatic carbocycles. The summed E-state index contributed by atoms with van der Waals surface area (Å²) in [6.45, 7) is 1.59. The normalized spacial score (nSPS) is 12.5. The van der Waals surface area contributed by atoms with Crippen LogP contribution in [-0.4, -0.2) is 21.2 Å². The molecule has 2 N–H and O–H groups in total. The van der Waals surface area contributed by atoms with E-state index in [-0.39, 0.29) is 10.2 Å². The Bertz CT molecular complexity index is 392. The van der Waals surface area contributed by atoms with Crippen molar-refractivity contribution in [3.63, 3.8) is 0 Å². The summed E-state index contributed by atoms with van der Waals surface area (Å²) < 4.78 is 0.257. The van der Waals surface area contributed by atoms with Crippen LogP contribution in [0.4, 0.5) is 5.69 Å². The summed E-state index contributed by atoms with van der Waals surface area (Å²) in [5, 5.41) is 29.1. The monoisotopic (exact) mass is 275 g/mol. The fraction of sp³-hybridized carbons (Fsp3) is 0.333. The predicted octanol–water partition coefficient (Wildman–Crippen LogP) is 1.99. The Morgan fingerprint density at radius 2 is 2.20 bits per heavy atom. The highest BCUT2D eigenvalue weighted by molar-refractivity contribution is 9.10.